The Labute approximate surface area is 167 Å². The van der Waals surface area contributed by atoms with Gasteiger partial charge < -0.3 is 4.90 Å². The van der Waals surface area contributed by atoms with Crippen molar-refractivity contribution in [3.8, 4) is 0 Å². The number of hydrogen-bond donors (Lipinski definition) is 0. The zero-order chi connectivity index (χ0) is 17.9. The predicted octanol–water partition coefficient (Wildman–Crippen LogP) is 8.26. The van der Waals surface area contributed by atoms with Crippen LogP contribution in [0.15, 0.2) is 0 Å². The van der Waals surface area contributed by atoms with Crippen molar-refractivity contribution in [2.75, 3.05) is 20.6 Å². The first kappa shape index (κ1) is 27.5. The van der Waals surface area contributed by atoms with Crippen LogP contribution in [-0.4, -0.2) is 25.5 Å². The highest BCUT2D eigenvalue weighted by molar-refractivity contribution is 5.85. The highest BCUT2D eigenvalue weighted by Crippen LogP contribution is 2.20. The average Bonchev–Trinajstić information content (AvgIpc) is 2.56. The molecule has 0 bridgehead atoms. The molecule has 0 aliphatic rings. The quantitative estimate of drug-likeness (QED) is 0.205. The molecule has 0 aliphatic heterocycles. The fraction of sp³-hybridized carbons (Fsp3) is 1.00. The molecule has 0 aliphatic carbocycles. The van der Waals surface area contributed by atoms with Gasteiger partial charge in [0.2, 0.25) is 0 Å². The van der Waals surface area contributed by atoms with Crippen LogP contribution in [0.4, 0.5) is 0 Å². The monoisotopic (exact) mass is 375 g/mol. The highest BCUT2D eigenvalue weighted by Gasteiger charge is 2.07. The Balaban J connectivity index is 0. The minimum Gasteiger partial charge on any atom is -0.309 e. The maximum absolute atomic E-state index is 2.34. The first-order valence-corrected chi connectivity index (χ1v) is 11.3. The maximum atomic E-state index is 2.34. The van der Waals surface area contributed by atoms with Crippen LogP contribution >= 0.6 is 12.4 Å². The van der Waals surface area contributed by atoms with Crippen molar-refractivity contribution >= 4 is 12.4 Å². The van der Waals surface area contributed by atoms with Crippen LogP contribution < -0.4 is 0 Å². The normalized spacial score (nSPS) is 12.4. The molecular formula is C23H50ClN. The van der Waals surface area contributed by atoms with Crippen molar-refractivity contribution in [3.63, 3.8) is 0 Å². The maximum Gasteiger partial charge on any atom is -0.00222 e. The summed E-state index contributed by atoms with van der Waals surface area (Å²) >= 11 is 0. The number of rotatable bonds is 19. The van der Waals surface area contributed by atoms with E-state index < -0.39 is 0 Å². The van der Waals surface area contributed by atoms with Crippen molar-refractivity contribution in [2.24, 2.45) is 5.92 Å². The Kier molecular flexibility index (Phi) is 24.5. The zero-order valence-electron chi connectivity index (χ0n) is 18.2. The summed E-state index contributed by atoms with van der Waals surface area (Å²) < 4.78 is 0. The number of nitrogens with zero attached hydrogens (tertiary/aromatic N) is 1. The largest absolute Gasteiger partial charge is 0.309 e. The van der Waals surface area contributed by atoms with Crippen LogP contribution in [0.1, 0.15) is 123 Å². The molecule has 0 aromatic heterocycles. The van der Waals surface area contributed by atoms with Crippen molar-refractivity contribution in [1.29, 1.82) is 0 Å². The third-order valence-electron chi connectivity index (χ3n) is 5.40. The van der Waals surface area contributed by atoms with Gasteiger partial charge in [-0.3, -0.25) is 0 Å². The van der Waals surface area contributed by atoms with E-state index in [0.717, 1.165) is 5.92 Å². The van der Waals surface area contributed by atoms with Gasteiger partial charge in [-0.05, 0) is 33.0 Å². The SMILES string of the molecule is CCCCCCCCCCCCCCCC(CCC)CCN(C)C.Cl. The van der Waals surface area contributed by atoms with E-state index in [1.54, 1.807) is 0 Å². The molecule has 0 N–H and O–H groups in total. The predicted molar refractivity (Wildman–Crippen MR) is 119 cm³/mol. The van der Waals surface area contributed by atoms with Crippen LogP contribution in [0.5, 0.6) is 0 Å². The van der Waals surface area contributed by atoms with Crippen molar-refractivity contribution in [3.05, 3.63) is 0 Å². The Hall–Kier alpha value is 0.250. The lowest BCUT2D eigenvalue weighted by molar-refractivity contribution is 0.319. The summed E-state index contributed by atoms with van der Waals surface area (Å²) in [6.07, 6.45) is 24.7. The van der Waals surface area contributed by atoms with Crippen LogP contribution in [0.2, 0.25) is 0 Å². The lowest BCUT2D eigenvalue weighted by Crippen LogP contribution is -2.16. The molecule has 1 atom stereocenters. The van der Waals surface area contributed by atoms with Crippen molar-refractivity contribution in [1.82, 2.24) is 4.90 Å². The molecule has 154 valence electrons. The molecule has 0 spiro atoms. The van der Waals surface area contributed by atoms with Crippen LogP contribution in [0.25, 0.3) is 0 Å². The number of unbranched alkanes of at least 4 members (excludes halogenated alkanes) is 12. The molecule has 0 saturated heterocycles. The molecule has 0 saturated carbocycles. The molecule has 0 aromatic carbocycles. The summed E-state index contributed by atoms with van der Waals surface area (Å²) in [7, 11) is 4.41. The fourth-order valence-electron chi connectivity index (χ4n) is 3.73. The first-order chi connectivity index (χ1) is 11.7. The highest BCUT2D eigenvalue weighted by atomic mass is 35.5. The second kappa shape index (κ2) is 22.3. The first-order valence-electron chi connectivity index (χ1n) is 11.3. The van der Waals surface area contributed by atoms with Gasteiger partial charge in [-0.25, -0.2) is 0 Å². The van der Waals surface area contributed by atoms with Crippen LogP contribution in [0.3, 0.4) is 0 Å². The molecule has 0 rings (SSSR count). The van der Waals surface area contributed by atoms with Crippen molar-refractivity contribution in [2.45, 2.75) is 123 Å². The van der Waals surface area contributed by atoms with E-state index in [-0.39, 0.29) is 12.4 Å². The zero-order valence-corrected chi connectivity index (χ0v) is 19.0. The van der Waals surface area contributed by atoms with E-state index in [4.69, 9.17) is 0 Å². The molecular weight excluding hydrogens is 326 g/mol. The molecule has 0 radical (unpaired) electrons. The number of hydrogen-bond acceptors (Lipinski definition) is 1. The summed E-state index contributed by atoms with van der Waals surface area (Å²) in [5.74, 6) is 0.977. The van der Waals surface area contributed by atoms with Gasteiger partial charge in [0.25, 0.3) is 0 Å². The lowest BCUT2D eigenvalue weighted by atomic mass is 9.93. The van der Waals surface area contributed by atoms with E-state index >= 15 is 0 Å². The van der Waals surface area contributed by atoms with Crippen LogP contribution in [-0.2, 0) is 0 Å². The Morgan fingerprint density at radius 1 is 0.520 bits per heavy atom. The van der Waals surface area contributed by atoms with E-state index in [1.165, 1.54) is 116 Å². The standard InChI is InChI=1S/C23H49N.ClH/c1-5-7-8-9-10-11-12-13-14-15-16-17-18-20-23(19-6-2)21-22-24(3)4;/h23H,5-22H2,1-4H3;1H. The third kappa shape index (κ3) is 22.2. The number of halogens is 1. The minimum absolute atomic E-state index is 0. The fourth-order valence-corrected chi connectivity index (χ4v) is 3.73. The van der Waals surface area contributed by atoms with E-state index in [2.05, 4.69) is 32.8 Å². The van der Waals surface area contributed by atoms with E-state index in [9.17, 15) is 0 Å². The van der Waals surface area contributed by atoms with Gasteiger partial charge in [0, 0.05) is 0 Å². The molecule has 0 amide bonds. The Bertz CT molecular complexity index is 230. The summed E-state index contributed by atoms with van der Waals surface area (Å²) in [5.41, 5.74) is 0. The molecule has 0 heterocycles. The van der Waals surface area contributed by atoms with E-state index in [0.29, 0.717) is 0 Å². The molecule has 0 aromatic rings. The van der Waals surface area contributed by atoms with Gasteiger partial charge in [0.1, 0.15) is 0 Å². The smallest absolute Gasteiger partial charge is 0.00222 e. The molecule has 25 heavy (non-hydrogen) atoms. The molecule has 1 nitrogen and oxygen atoms in total. The van der Waals surface area contributed by atoms with Gasteiger partial charge in [0.05, 0.1) is 0 Å². The van der Waals surface area contributed by atoms with Gasteiger partial charge in [0.15, 0.2) is 0 Å². The Morgan fingerprint density at radius 3 is 1.36 bits per heavy atom. The third-order valence-corrected chi connectivity index (χ3v) is 5.40. The molecule has 2 heteroatoms. The van der Waals surface area contributed by atoms with E-state index in [1.807, 2.05) is 0 Å². The van der Waals surface area contributed by atoms with Gasteiger partial charge >= 0.3 is 0 Å². The van der Waals surface area contributed by atoms with Crippen molar-refractivity contribution < 1.29 is 0 Å². The van der Waals surface area contributed by atoms with Gasteiger partial charge in [-0.2, -0.15) is 0 Å². The summed E-state index contributed by atoms with van der Waals surface area (Å²) in [4.78, 5) is 2.34. The summed E-state index contributed by atoms with van der Waals surface area (Å²) in [6.45, 7) is 5.91. The van der Waals surface area contributed by atoms with Crippen LogP contribution in [0, 0.1) is 5.92 Å². The topological polar surface area (TPSA) is 3.24 Å². The second-order valence-electron chi connectivity index (χ2n) is 8.28. The second-order valence-corrected chi connectivity index (χ2v) is 8.28. The van der Waals surface area contributed by atoms with Gasteiger partial charge in [-0.15, -0.1) is 12.4 Å². The summed E-state index contributed by atoms with van der Waals surface area (Å²) in [5, 5.41) is 0. The molecule has 0 fully saturated rings. The minimum atomic E-state index is 0. The average molecular weight is 376 g/mol. The summed E-state index contributed by atoms with van der Waals surface area (Å²) in [6, 6.07) is 0. The lowest BCUT2D eigenvalue weighted by Gasteiger charge is -2.18. The molecule has 1 unspecified atom stereocenters. The Morgan fingerprint density at radius 2 is 0.960 bits per heavy atom. The van der Waals surface area contributed by atoms with Gasteiger partial charge in [-0.1, -0.05) is 117 Å².